The third-order valence-electron chi connectivity index (χ3n) is 2.31. The molecule has 1 aliphatic heterocycles. The number of alkyl halides is 2. The monoisotopic (exact) mass is 265 g/mol. The molecule has 1 saturated heterocycles. The molecule has 4 amide bonds. The van der Waals surface area contributed by atoms with Crippen LogP contribution >= 0.6 is 0 Å². The van der Waals surface area contributed by atoms with Crippen LogP contribution in [0.15, 0.2) is 0 Å². The van der Waals surface area contributed by atoms with E-state index in [0.29, 0.717) is 9.80 Å². The van der Waals surface area contributed by atoms with Gasteiger partial charge in [-0.3, -0.25) is 14.5 Å². The van der Waals surface area contributed by atoms with Gasteiger partial charge in [0, 0.05) is 6.54 Å². The number of hydrogen-bond donors (Lipinski definition) is 2. The maximum atomic E-state index is 12.2. The van der Waals surface area contributed by atoms with Crippen LogP contribution in [0.1, 0.15) is 0 Å². The number of carbonyl (C=O) groups is 3. The molecule has 1 fully saturated rings. The minimum Gasteiger partial charge on any atom is -0.395 e. The average molecular weight is 265 g/mol. The van der Waals surface area contributed by atoms with Gasteiger partial charge in [0.15, 0.2) is 0 Å². The molecule has 0 unspecified atom stereocenters. The second-order valence-corrected chi connectivity index (χ2v) is 3.59. The maximum Gasteiger partial charge on any atom is 0.325 e. The molecule has 7 nitrogen and oxygen atoms in total. The first kappa shape index (κ1) is 14.3. The molecule has 0 atom stereocenters. The number of rotatable bonds is 6. The van der Waals surface area contributed by atoms with Crippen LogP contribution < -0.4 is 5.32 Å². The molecule has 1 heterocycles. The van der Waals surface area contributed by atoms with Gasteiger partial charge in [-0.15, -0.1) is 0 Å². The van der Waals surface area contributed by atoms with E-state index in [9.17, 15) is 23.2 Å². The molecule has 0 bridgehead atoms. The first-order valence-corrected chi connectivity index (χ1v) is 5.20. The van der Waals surface area contributed by atoms with Crippen LogP contribution in [0.4, 0.5) is 13.6 Å². The van der Waals surface area contributed by atoms with E-state index < -0.39 is 44.0 Å². The van der Waals surface area contributed by atoms with Gasteiger partial charge < -0.3 is 15.3 Å². The summed E-state index contributed by atoms with van der Waals surface area (Å²) in [6, 6.07) is -0.727. The van der Waals surface area contributed by atoms with E-state index in [-0.39, 0.29) is 13.1 Å². The van der Waals surface area contributed by atoms with Crippen LogP contribution in [-0.2, 0) is 9.59 Å². The first-order chi connectivity index (χ1) is 8.45. The Hall–Kier alpha value is -1.77. The Balaban J connectivity index is 2.60. The van der Waals surface area contributed by atoms with Gasteiger partial charge in [0.1, 0.15) is 6.54 Å². The van der Waals surface area contributed by atoms with Crippen molar-refractivity contribution in [1.82, 2.24) is 15.1 Å². The van der Waals surface area contributed by atoms with Crippen LogP contribution in [0.5, 0.6) is 0 Å². The lowest BCUT2D eigenvalue weighted by Crippen LogP contribution is -2.45. The molecule has 0 saturated carbocycles. The van der Waals surface area contributed by atoms with Crippen molar-refractivity contribution in [3.63, 3.8) is 0 Å². The van der Waals surface area contributed by atoms with Crippen molar-refractivity contribution in [3.05, 3.63) is 0 Å². The third kappa shape index (κ3) is 3.62. The Labute approximate surface area is 101 Å². The summed E-state index contributed by atoms with van der Waals surface area (Å²) in [5.41, 5.74) is 0. The highest BCUT2D eigenvalue weighted by molar-refractivity contribution is 6.04. The van der Waals surface area contributed by atoms with Crippen LogP contribution in [-0.4, -0.2) is 72.0 Å². The molecular formula is C9H13F2N3O4. The first-order valence-electron chi connectivity index (χ1n) is 5.20. The van der Waals surface area contributed by atoms with Crippen molar-refractivity contribution in [1.29, 1.82) is 0 Å². The lowest BCUT2D eigenvalue weighted by Gasteiger charge is -2.23. The van der Waals surface area contributed by atoms with Crippen LogP contribution in [0.3, 0.4) is 0 Å². The number of amides is 4. The topological polar surface area (TPSA) is 90.0 Å². The van der Waals surface area contributed by atoms with Crippen molar-refractivity contribution in [3.8, 4) is 0 Å². The van der Waals surface area contributed by atoms with E-state index >= 15 is 0 Å². The fourth-order valence-corrected chi connectivity index (χ4v) is 1.46. The molecule has 0 spiro atoms. The summed E-state index contributed by atoms with van der Waals surface area (Å²) in [7, 11) is 0. The van der Waals surface area contributed by atoms with Crippen molar-refractivity contribution >= 4 is 17.8 Å². The summed E-state index contributed by atoms with van der Waals surface area (Å²) >= 11 is 0. The lowest BCUT2D eigenvalue weighted by atomic mass is 10.4. The number of halogens is 2. The van der Waals surface area contributed by atoms with E-state index in [4.69, 9.17) is 5.11 Å². The summed E-state index contributed by atoms with van der Waals surface area (Å²) in [5.74, 6) is -1.40. The van der Waals surface area contributed by atoms with Gasteiger partial charge in [-0.2, -0.15) is 0 Å². The van der Waals surface area contributed by atoms with Crippen molar-refractivity contribution in [2.24, 2.45) is 0 Å². The Morgan fingerprint density at radius 1 is 1.50 bits per heavy atom. The molecule has 2 N–H and O–H groups in total. The molecule has 0 aromatic heterocycles. The van der Waals surface area contributed by atoms with E-state index in [2.05, 4.69) is 5.32 Å². The number of aliphatic hydroxyl groups excluding tert-OH is 1. The predicted octanol–water partition coefficient (Wildman–Crippen LogP) is -1.38. The number of carbonyl (C=O) groups excluding carboxylic acids is 3. The smallest absolute Gasteiger partial charge is 0.325 e. The lowest BCUT2D eigenvalue weighted by molar-refractivity contribution is -0.138. The summed E-state index contributed by atoms with van der Waals surface area (Å²) in [4.78, 5) is 35.3. The summed E-state index contributed by atoms with van der Waals surface area (Å²) in [5, 5.41) is 10.9. The van der Waals surface area contributed by atoms with Gasteiger partial charge in [-0.05, 0) is 0 Å². The molecule has 0 aliphatic carbocycles. The quantitative estimate of drug-likeness (QED) is 0.579. The molecule has 102 valence electrons. The highest BCUT2D eigenvalue weighted by Crippen LogP contribution is 2.03. The van der Waals surface area contributed by atoms with E-state index in [0.717, 1.165) is 0 Å². The molecule has 18 heavy (non-hydrogen) atoms. The van der Waals surface area contributed by atoms with Gasteiger partial charge in [0.2, 0.25) is 5.91 Å². The normalized spacial score (nSPS) is 15.2. The number of nitrogens with zero attached hydrogens (tertiary/aromatic N) is 2. The minimum absolute atomic E-state index is 0.207. The van der Waals surface area contributed by atoms with Crippen molar-refractivity contribution in [2.75, 3.05) is 32.8 Å². The Kier molecular flexibility index (Phi) is 4.95. The number of imide groups is 1. The molecule has 1 aliphatic rings. The Morgan fingerprint density at radius 3 is 2.61 bits per heavy atom. The SMILES string of the molecule is O=C(CN1C(=O)CNC1=O)N(CCO)CC(F)F. The van der Waals surface area contributed by atoms with Gasteiger partial charge in [-0.25, -0.2) is 13.6 Å². The van der Waals surface area contributed by atoms with Gasteiger partial charge in [-0.1, -0.05) is 0 Å². The molecule has 1 rings (SSSR count). The second kappa shape index (κ2) is 6.24. The molecule has 9 heteroatoms. The molecular weight excluding hydrogens is 252 g/mol. The third-order valence-corrected chi connectivity index (χ3v) is 2.31. The largest absolute Gasteiger partial charge is 0.395 e. The van der Waals surface area contributed by atoms with Crippen molar-refractivity contribution in [2.45, 2.75) is 6.43 Å². The number of nitrogens with one attached hydrogen (secondary N) is 1. The zero-order chi connectivity index (χ0) is 13.7. The fourth-order valence-electron chi connectivity index (χ4n) is 1.46. The minimum atomic E-state index is -2.75. The summed E-state index contributed by atoms with van der Waals surface area (Å²) in [6.07, 6.45) is -2.75. The maximum absolute atomic E-state index is 12.2. The molecule has 0 aromatic carbocycles. The Morgan fingerprint density at radius 2 is 2.17 bits per heavy atom. The standard InChI is InChI=1S/C9H13F2N3O4/c10-6(11)4-13(1-2-15)8(17)5-14-7(16)3-12-9(14)18/h6,15H,1-5H2,(H,12,18). The number of urea groups is 1. The highest BCUT2D eigenvalue weighted by atomic mass is 19.3. The van der Waals surface area contributed by atoms with Gasteiger partial charge in [0.25, 0.3) is 12.3 Å². The Bertz CT molecular complexity index is 335. The zero-order valence-corrected chi connectivity index (χ0v) is 9.44. The average Bonchev–Trinajstić information content (AvgIpc) is 2.59. The van der Waals surface area contributed by atoms with E-state index in [1.54, 1.807) is 0 Å². The molecule has 0 radical (unpaired) electrons. The highest BCUT2D eigenvalue weighted by Gasteiger charge is 2.31. The van der Waals surface area contributed by atoms with E-state index in [1.807, 2.05) is 0 Å². The number of aliphatic hydroxyl groups is 1. The van der Waals surface area contributed by atoms with Gasteiger partial charge >= 0.3 is 6.03 Å². The van der Waals surface area contributed by atoms with Gasteiger partial charge in [0.05, 0.1) is 19.7 Å². The predicted molar refractivity (Wildman–Crippen MR) is 54.8 cm³/mol. The van der Waals surface area contributed by atoms with Crippen LogP contribution in [0.2, 0.25) is 0 Å². The number of hydrogen-bond acceptors (Lipinski definition) is 4. The van der Waals surface area contributed by atoms with Crippen LogP contribution in [0, 0.1) is 0 Å². The van der Waals surface area contributed by atoms with E-state index in [1.165, 1.54) is 0 Å². The summed E-state index contributed by atoms with van der Waals surface area (Å²) < 4.78 is 24.4. The molecule has 0 aromatic rings. The fraction of sp³-hybridized carbons (Fsp3) is 0.667. The van der Waals surface area contributed by atoms with Crippen molar-refractivity contribution < 1.29 is 28.3 Å². The van der Waals surface area contributed by atoms with Crippen LogP contribution in [0.25, 0.3) is 0 Å². The second-order valence-electron chi connectivity index (χ2n) is 3.59. The zero-order valence-electron chi connectivity index (χ0n) is 9.44. The summed E-state index contributed by atoms with van der Waals surface area (Å²) in [6.45, 7) is -2.40.